The summed E-state index contributed by atoms with van der Waals surface area (Å²) in [6.07, 6.45) is 0. The van der Waals surface area contributed by atoms with E-state index in [1.54, 1.807) is 13.8 Å². The van der Waals surface area contributed by atoms with Crippen molar-refractivity contribution in [2.24, 2.45) is 0 Å². The first-order valence-corrected chi connectivity index (χ1v) is 10.2. The number of aliphatic hydroxyl groups is 1. The van der Waals surface area contributed by atoms with E-state index in [1.165, 1.54) is 25.1 Å². The van der Waals surface area contributed by atoms with Gasteiger partial charge in [0.25, 0.3) is 5.91 Å². The molecule has 0 saturated heterocycles. The highest BCUT2D eigenvalue weighted by Crippen LogP contribution is 2.33. The molecule has 1 heterocycles. The molecule has 0 fully saturated rings. The van der Waals surface area contributed by atoms with E-state index in [0.717, 1.165) is 18.2 Å². The molecule has 180 valence electrons. The van der Waals surface area contributed by atoms with Crippen LogP contribution in [0.1, 0.15) is 32.0 Å². The van der Waals surface area contributed by atoms with Gasteiger partial charge in [-0.2, -0.15) is 5.10 Å². The maximum atomic E-state index is 14.3. The van der Waals surface area contributed by atoms with Gasteiger partial charge in [0.1, 0.15) is 24.3 Å². The fraction of sp³-hybridized carbons (Fsp3) is 0.261. The van der Waals surface area contributed by atoms with Gasteiger partial charge in [-0.15, -0.1) is 0 Å². The maximum absolute atomic E-state index is 14.3. The average Bonchev–Trinajstić information content (AvgIpc) is 3.26. The van der Waals surface area contributed by atoms with E-state index >= 15 is 0 Å². The largest absolute Gasteiger partial charge is 0.387 e. The molecule has 3 N–H and O–H groups in total. The van der Waals surface area contributed by atoms with Crippen molar-refractivity contribution in [2.75, 3.05) is 16.8 Å². The summed E-state index contributed by atoms with van der Waals surface area (Å²) in [6, 6.07) is 6.31. The number of benzene rings is 2. The number of hydrogen-bond acceptors (Lipinski definition) is 4. The first-order chi connectivity index (χ1) is 16.0. The summed E-state index contributed by atoms with van der Waals surface area (Å²) >= 11 is 0. The number of hydrogen-bond donors (Lipinski definition) is 3. The van der Waals surface area contributed by atoms with Crippen LogP contribution < -0.4 is 10.2 Å². The summed E-state index contributed by atoms with van der Waals surface area (Å²) in [4.78, 5) is 25.8. The summed E-state index contributed by atoms with van der Waals surface area (Å²) in [6.45, 7) is 3.52. The molecule has 11 heteroatoms. The van der Waals surface area contributed by atoms with Gasteiger partial charge in [0.2, 0.25) is 5.91 Å². The zero-order valence-corrected chi connectivity index (χ0v) is 18.5. The lowest BCUT2D eigenvalue weighted by Crippen LogP contribution is -2.47. The molecule has 1 unspecified atom stereocenters. The number of aliphatic hydroxyl groups excluding tert-OH is 1. The molecule has 3 rings (SSSR count). The van der Waals surface area contributed by atoms with Gasteiger partial charge >= 0.3 is 0 Å². The first-order valence-electron chi connectivity index (χ1n) is 10.2. The van der Waals surface area contributed by atoms with E-state index in [9.17, 15) is 32.3 Å². The molecule has 1 atom stereocenters. The van der Waals surface area contributed by atoms with Crippen LogP contribution in [0.4, 0.5) is 29.1 Å². The van der Waals surface area contributed by atoms with E-state index in [-0.39, 0.29) is 11.4 Å². The van der Waals surface area contributed by atoms with Gasteiger partial charge < -0.3 is 10.4 Å². The molecule has 0 spiro atoms. The Hall–Kier alpha value is -3.73. The van der Waals surface area contributed by atoms with E-state index in [4.69, 9.17) is 0 Å². The molecule has 0 saturated carbocycles. The van der Waals surface area contributed by atoms with E-state index < -0.39 is 58.8 Å². The van der Waals surface area contributed by atoms with Crippen molar-refractivity contribution in [3.63, 3.8) is 0 Å². The first kappa shape index (κ1) is 24.9. The smallest absolute Gasteiger partial charge is 0.253 e. The molecule has 34 heavy (non-hydrogen) atoms. The van der Waals surface area contributed by atoms with Crippen molar-refractivity contribution >= 4 is 23.3 Å². The molecule has 0 radical (unpaired) electrons. The normalized spacial score (nSPS) is 12.4. The Balaban J connectivity index is 1.85. The van der Waals surface area contributed by atoms with Crippen LogP contribution in [0.5, 0.6) is 0 Å². The van der Waals surface area contributed by atoms with Gasteiger partial charge in [-0.05, 0) is 25.1 Å². The second-order valence-corrected chi connectivity index (χ2v) is 8.08. The molecule has 1 aromatic heterocycles. The highest BCUT2D eigenvalue weighted by atomic mass is 19.2. The number of nitrogens with one attached hydrogen (secondary N) is 2. The molecule has 0 bridgehead atoms. The number of H-pyrrole nitrogens is 1. The number of anilines is 2. The monoisotopic (exact) mass is 478 g/mol. The number of aromatic nitrogens is 2. The molecular weight excluding hydrogens is 456 g/mol. The second kappa shape index (κ2) is 9.64. The van der Waals surface area contributed by atoms with Gasteiger partial charge in [-0.1, -0.05) is 26.0 Å². The predicted octanol–water partition coefficient (Wildman–Crippen LogP) is 3.64. The molecule has 0 aliphatic heterocycles. The molecule has 2 amide bonds. The number of nitrogens with zero attached hydrogens (tertiary/aromatic N) is 2. The van der Waals surface area contributed by atoms with Crippen molar-refractivity contribution in [1.29, 1.82) is 0 Å². The lowest BCUT2D eigenvalue weighted by molar-refractivity contribution is -0.125. The van der Waals surface area contributed by atoms with Crippen LogP contribution in [0, 0.1) is 23.3 Å². The van der Waals surface area contributed by atoms with Gasteiger partial charge in [0, 0.05) is 28.8 Å². The minimum atomic E-state index is -1.33. The minimum absolute atomic E-state index is 0.00714. The minimum Gasteiger partial charge on any atom is -0.387 e. The van der Waals surface area contributed by atoms with Gasteiger partial charge in [-0.25, -0.2) is 17.6 Å². The molecule has 3 aromatic rings. The summed E-state index contributed by atoms with van der Waals surface area (Å²) in [5.41, 5.74) is -1.03. The number of aromatic amines is 1. The zero-order chi connectivity index (χ0) is 25.2. The Labute approximate surface area is 192 Å². The number of carbonyl (C=O) groups is 2. The topological polar surface area (TPSA) is 98.3 Å². The summed E-state index contributed by atoms with van der Waals surface area (Å²) in [5.74, 6) is -5.77. The van der Waals surface area contributed by atoms with Crippen LogP contribution in [0.15, 0.2) is 42.5 Å². The lowest BCUT2D eigenvalue weighted by Gasteiger charge is -2.28. The number of amides is 2. The van der Waals surface area contributed by atoms with Crippen LogP contribution in [-0.2, 0) is 15.0 Å². The number of carbonyl (C=O) groups excluding carboxylic acids is 2. The molecule has 2 aromatic carbocycles. The maximum Gasteiger partial charge on any atom is 0.253 e. The Morgan fingerprint density at radius 2 is 1.82 bits per heavy atom. The standard InChI is InChI=1S/C23H22F4N4O3/c1-12(31(20(33)11-32)17-8-7-13(24)9-16(17)26)22(34)28-19-10-18(29-30-19)23(2,3)14-5-4-6-15(25)21(14)27/h4-10,12,32H,11H2,1-3H3,(H2,28,29,30,34). The van der Waals surface area contributed by atoms with Crippen LogP contribution in [0.25, 0.3) is 0 Å². The lowest BCUT2D eigenvalue weighted by atomic mass is 9.81. The van der Waals surface area contributed by atoms with Crippen LogP contribution >= 0.6 is 0 Å². The van der Waals surface area contributed by atoms with Crippen LogP contribution in [0.3, 0.4) is 0 Å². The van der Waals surface area contributed by atoms with Crippen molar-refractivity contribution < 1.29 is 32.3 Å². The SMILES string of the molecule is CC(C(=O)Nc1cc(C(C)(C)c2cccc(F)c2F)[nH]n1)N(C(=O)CO)c1ccc(F)cc1F. The van der Waals surface area contributed by atoms with Crippen molar-refractivity contribution in [3.05, 3.63) is 77.0 Å². The summed E-state index contributed by atoms with van der Waals surface area (Å²) in [5, 5.41) is 18.4. The summed E-state index contributed by atoms with van der Waals surface area (Å²) < 4.78 is 55.6. The Morgan fingerprint density at radius 1 is 1.12 bits per heavy atom. The van der Waals surface area contributed by atoms with Crippen LogP contribution in [0.2, 0.25) is 0 Å². The Bertz CT molecular complexity index is 1230. The van der Waals surface area contributed by atoms with E-state index in [2.05, 4.69) is 15.5 Å². The van der Waals surface area contributed by atoms with Crippen molar-refractivity contribution in [2.45, 2.75) is 32.2 Å². The highest BCUT2D eigenvalue weighted by Gasteiger charge is 2.32. The number of halogens is 4. The number of rotatable bonds is 7. The average molecular weight is 478 g/mol. The van der Waals surface area contributed by atoms with Gasteiger partial charge in [0.15, 0.2) is 17.5 Å². The van der Waals surface area contributed by atoms with Crippen molar-refractivity contribution in [1.82, 2.24) is 10.2 Å². The summed E-state index contributed by atoms with van der Waals surface area (Å²) in [7, 11) is 0. The molecular formula is C23H22F4N4O3. The third-order valence-electron chi connectivity index (χ3n) is 5.47. The molecule has 0 aliphatic carbocycles. The molecule has 0 aliphatic rings. The third-order valence-corrected chi connectivity index (χ3v) is 5.47. The highest BCUT2D eigenvalue weighted by molar-refractivity contribution is 6.04. The van der Waals surface area contributed by atoms with Crippen LogP contribution in [-0.4, -0.2) is 39.8 Å². The Kier molecular flexibility index (Phi) is 7.06. The van der Waals surface area contributed by atoms with E-state index in [1.807, 2.05) is 0 Å². The van der Waals surface area contributed by atoms with E-state index in [0.29, 0.717) is 16.7 Å². The predicted molar refractivity (Wildman–Crippen MR) is 116 cm³/mol. The Morgan fingerprint density at radius 3 is 2.47 bits per heavy atom. The van der Waals surface area contributed by atoms with Crippen molar-refractivity contribution in [3.8, 4) is 0 Å². The quantitative estimate of drug-likeness (QED) is 0.452. The van der Waals surface area contributed by atoms with Gasteiger partial charge in [-0.3, -0.25) is 19.6 Å². The molecule has 7 nitrogen and oxygen atoms in total. The van der Waals surface area contributed by atoms with Gasteiger partial charge in [0.05, 0.1) is 5.69 Å². The fourth-order valence-electron chi connectivity index (χ4n) is 3.50. The second-order valence-electron chi connectivity index (χ2n) is 8.08. The fourth-order valence-corrected chi connectivity index (χ4v) is 3.50. The third kappa shape index (κ3) is 4.79. The zero-order valence-electron chi connectivity index (χ0n) is 18.5.